The van der Waals surface area contributed by atoms with Crippen LogP contribution in [0.1, 0.15) is 41.3 Å². The molecule has 0 atom stereocenters. The molecule has 1 aromatic heterocycles. The zero-order valence-corrected chi connectivity index (χ0v) is 13.5. The third kappa shape index (κ3) is 3.76. The first-order valence-corrected chi connectivity index (χ1v) is 7.54. The Hall–Kier alpha value is -2.21. The maximum Gasteiger partial charge on any atom is 0.374 e. The Bertz CT molecular complexity index is 738. The van der Waals surface area contributed by atoms with Crippen molar-refractivity contribution in [1.82, 2.24) is 9.97 Å². The summed E-state index contributed by atoms with van der Waals surface area (Å²) in [5.41, 5.74) is 1.46. The van der Waals surface area contributed by atoms with E-state index < -0.39 is 11.8 Å². The van der Waals surface area contributed by atoms with E-state index in [4.69, 9.17) is 21.4 Å². The number of aryl methyl sites for hydroxylation is 1. The van der Waals surface area contributed by atoms with E-state index in [0.717, 1.165) is 0 Å². The van der Waals surface area contributed by atoms with Crippen LogP contribution in [0.25, 0.3) is 0 Å². The lowest BCUT2D eigenvalue weighted by molar-refractivity contribution is 0.0681. The maximum atomic E-state index is 14.1. The predicted octanol–water partition coefficient (Wildman–Crippen LogP) is 3.52. The molecule has 0 saturated heterocycles. The molecule has 0 bridgehead atoms. The van der Waals surface area contributed by atoms with Crippen molar-refractivity contribution in [2.75, 3.05) is 6.61 Å². The Balaban J connectivity index is 2.55. The molecule has 2 rings (SSSR count). The first-order chi connectivity index (χ1) is 11.0. The Morgan fingerprint density at radius 3 is 2.70 bits per heavy atom. The average molecular weight is 339 g/mol. The lowest BCUT2D eigenvalue weighted by Gasteiger charge is -2.14. The summed E-state index contributed by atoms with van der Waals surface area (Å²) in [5.74, 6) is -1.92. The number of aromatic carboxylic acids is 1. The molecule has 0 unspecified atom stereocenters. The van der Waals surface area contributed by atoms with E-state index >= 15 is 0 Å². The van der Waals surface area contributed by atoms with Gasteiger partial charge in [-0.15, -0.1) is 0 Å². The van der Waals surface area contributed by atoms with Crippen molar-refractivity contribution in [1.29, 1.82) is 0 Å². The Morgan fingerprint density at radius 2 is 2.09 bits per heavy atom. The summed E-state index contributed by atoms with van der Waals surface area (Å²) in [6, 6.07) is 4.73. The summed E-state index contributed by atoms with van der Waals surface area (Å²) in [6.07, 6.45) is 0.644. The van der Waals surface area contributed by atoms with Gasteiger partial charge in [-0.05, 0) is 25.0 Å². The molecule has 0 spiro atoms. The van der Waals surface area contributed by atoms with Gasteiger partial charge in [0.05, 0.1) is 17.3 Å². The van der Waals surface area contributed by atoms with Crippen molar-refractivity contribution in [3.05, 3.63) is 51.7 Å². The molecule has 0 fully saturated rings. The number of nitrogens with zero attached hydrogens (tertiary/aromatic N) is 2. The lowest BCUT2D eigenvalue weighted by Crippen LogP contribution is -2.13. The molecule has 2 aromatic rings. The minimum atomic E-state index is -1.24. The van der Waals surface area contributed by atoms with Gasteiger partial charge in [0.25, 0.3) is 0 Å². The van der Waals surface area contributed by atoms with E-state index in [1.165, 1.54) is 6.07 Å². The van der Waals surface area contributed by atoms with Gasteiger partial charge in [0.15, 0.2) is 0 Å². The van der Waals surface area contributed by atoms with Crippen LogP contribution in [0.3, 0.4) is 0 Å². The second-order valence-corrected chi connectivity index (χ2v) is 5.17. The van der Waals surface area contributed by atoms with Gasteiger partial charge >= 0.3 is 5.97 Å². The highest BCUT2D eigenvalue weighted by Crippen LogP contribution is 2.27. The molecule has 1 aromatic carbocycles. The summed E-state index contributed by atoms with van der Waals surface area (Å²) < 4.78 is 19.6. The Labute approximate surface area is 138 Å². The van der Waals surface area contributed by atoms with Gasteiger partial charge in [-0.1, -0.05) is 30.7 Å². The summed E-state index contributed by atoms with van der Waals surface area (Å²) >= 11 is 5.81. The number of carbonyl (C=O) groups is 1. The molecular formula is C16H16ClFN2O3. The van der Waals surface area contributed by atoms with Crippen molar-refractivity contribution < 1.29 is 19.0 Å². The van der Waals surface area contributed by atoms with Crippen LogP contribution in [-0.2, 0) is 12.8 Å². The van der Waals surface area contributed by atoms with E-state index in [0.29, 0.717) is 29.8 Å². The van der Waals surface area contributed by atoms with Gasteiger partial charge in [-0.2, -0.15) is 4.98 Å². The molecule has 23 heavy (non-hydrogen) atoms. The van der Waals surface area contributed by atoms with Gasteiger partial charge < -0.3 is 9.84 Å². The first kappa shape index (κ1) is 17.1. The lowest BCUT2D eigenvalue weighted by atomic mass is 10.0. The number of rotatable bonds is 6. The Morgan fingerprint density at radius 1 is 1.35 bits per heavy atom. The molecular weight excluding hydrogens is 323 g/mol. The molecule has 0 aliphatic carbocycles. The van der Waals surface area contributed by atoms with Gasteiger partial charge in [-0.3, -0.25) is 0 Å². The highest BCUT2D eigenvalue weighted by atomic mass is 35.5. The minimum Gasteiger partial charge on any atom is -0.478 e. The Kier molecular flexibility index (Phi) is 5.50. The van der Waals surface area contributed by atoms with Crippen molar-refractivity contribution in [3.63, 3.8) is 0 Å². The fourth-order valence-electron chi connectivity index (χ4n) is 2.20. The van der Waals surface area contributed by atoms with E-state index in [1.807, 2.05) is 6.92 Å². The summed E-state index contributed by atoms with van der Waals surface area (Å²) in [7, 11) is 0. The quantitative estimate of drug-likeness (QED) is 0.872. The molecule has 0 aliphatic heterocycles. The largest absolute Gasteiger partial charge is 0.478 e. The smallest absolute Gasteiger partial charge is 0.374 e. The van der Waals surface area contributed by atoms with Crippen LogP contribution >= 0.6 is 11.6 Å². The van der Waals surface area contributed by atoms with Gasteiger partial charge in [0.2, 0.25) is 11.7 Å². The number of aromatic nitrogens is 2. The third-order valence-electron chi connectivity index (χ3n) is 3.26. The first-order valence-electron chi connectivity index (χ1n) is 7.16. The standard InChI is InChI=1S/C16H16ClFN2O3/c1-3-12-10(8-9-6-5-7-11(17)13(9)18)15(23-4-2)20-14(19-12)16(21)22/h5-7H,3-4,8H2,1-2H3,(H,21,22). The van der Waals surface area contributed by atoms with E-state index in [1.54, 1.807) is 19.1 Å². The minimum absolute atomic E-state index is 0.0292. The molecule has 122 valence electrons. The number of carboxylic acid groups (broad SMARTS) is 1. The van der Waals surface area contributed by atoms with E-state index in [-0.39, 0.29) is 23.1 Å². The van der Waals surface area contributed by atoms with Crippen LogP contribution in [0.5, 0.6) is 5.88 Å². The maximum absolute atomic E-state index is 14.1. The second kappa shape index (κ2) is 7.37. The van der Waals surface area contributed by atoms with Crippen LogP contribution in [0, 0.1) is 5.82 Å². The SMILES string of the molecule is CCOc1nc(C(=O)O)nc(CC)c1Cc1cccc(Cl)c1F. The highest BCUT2D eigenvalue weighted by molar-refractivity contribution is 6.30. The van der Waals surface area contributed by atoms with Crippen LogP contribution < -0.4 is 4.74 Å². The molecule has 0 radical (unpaired) electrons. The van der Waals surface area contributed by atoms with Gasteiger partial charge in [0, 0.05) is 12.0 Å². The van der Waals surface area contributed by atoms with Gasteiger partial charge in [0.1, 0.15) is 5.82 Å². The van der Waals surface area contributed by atoms with Crippen molar-refractivity contribution in [2.45, 2.75) is 26.7 Å². The van der Waals surface area contributed by atoms with Crippen molar-refractivity contribution in [2.24, 2.45) is 0 Å². The van der Waals surface area contributed by atoms with Crippen molar-refractivity contribution in [3.8, 4) is 5.88 Å². The molecule has 0 saturated carbocycles. The fraction of sp³-hybridized carbons (Fsp3) is 0.312. The van der Waals surface area contributed by atoms with Crippen LogP contribution in [0.15, 0.2) is 18.2 Å². The number of ether oxygens (including phenoxy) is 1. The average Bonchev–Trinajstić information content (AvgIpc) is 2.53. The summed E-state index contributed by atoms with van der Waals surface area (Å²) in [5, 5.41) is 9.13. The number of hydrogen-bond donors (Lipinski definition) is 1. The summed E-state index contributed by atoms with van der Waals surface area (Å²) in [6.45, 7) is 3.91. The van der Waals surface area contributed by atoms with E-state index in [2.05, 4.69) is 9.97 Å². The zero-order chi connectivity index (χ0) is 17.0. The van der Waals surface area contributed by atoms with Crippen LogP contribution in [0.4, 0.5) is 4.39 Å². The van der Waals surface area contributed by atoms with E-state index in [9.17, 15) is 9.18 Å². The normalized spacial score (nSPS) is 10.6. The number of carboxylic acids is 1. The molecule has 7 heteroatoms. The van der Waals surface area contributed by atoms with Crippen LogP contribution in [-0.4, -0.2) is 27.7 Å². The third-order valence-corrected chi connectivity index (χ3v) is 3.55. The molecule has 0 aliphatic rings. The zero-order valence-electron chi connectivity index (χ0n) is 12.8. The number of halogens is 2. The molecule has 1 N–H and O–H groups in total. The predicted molar refractivity (Wildman–Crippen MR) is 83.8 cm³/mol. The highest BCUT2D eigenvalue weighted by Gasteiger charge is 2.20. The summed E-state index contributed by atoms with van der Waals surface area (Å²) in [4.78, 5) is 19.1. The van der Waals surface area contributed by atoms with Gasteiger partial charge in [-0.25, -0.2) is 14.2 Å². The number of hydrogen-bond acceptors (Lipinski definition) is 4. The molecule has 0 amide bonds. The topological polar surface area (TPSA) is 72.3 Å². The second-order valence-electron chi connectivity index (χ2n) is 4.76. The fourth-order valence-corrected chi connectivity index (χ4v) is 2.40. The molecule has 5 nitrogen and oxygen atoms in total. The monoisotopic (exact) mass is 338 g/mol. The number of benzene rings is 1. The molecule has 1 heterocycles. The van der Waals surface area contributed by atoms with Crippen molar-refractivity contribution >= 4 is 17.6 Å². The van der Waals surface area contributed by atoms with Crippen LogP contribution in [0.2, 0.25) is 5.02 Å².